The summed E-state index contributed by atoms with van der Waals surface area (Å²) in [5.41, 5.74) is 2.62. The number of nitrogens with one attached hydrogen (secondary N) is 1. The molecule has 0 heterocycles. The maximum Gasteiger partial charge on any atom is 0.381 e. The lowest BCUT2D eigenvalue weighted by molar-refractivity contribution is -0.148. The maximum atomic E-state index is 12.6. The van der Waals surface area contributed by atoms with Crippen molar-refractivity contribution in [2.75, 3.05) is 19.6 Å². The minimum Gasteiger partial charge on any atom is -0.497 e. The number of halogens is 1. The van der Waals surface area contributed by atoms with Gasteiger partial charge in [0.15, 0.2) is 5.71 Å². The van der Waals surface area contributed by atoms with Crippen molar-refractivity contribution < 1.29 is 23.9 Å². The number of benzene rings is 2. The molecule has 134 valence electrons. The quantitative estimate of drug-likeness (QED) is 0.200. The van der Waals surface area contributed by atoms with Gasteiger partial charge >= 0.3 is 5.97 Å². The van der Waals surface area contributed by atoms with E-state index in [1.54, 1.807) is 24.3 Å². The zero-order chi connectivity index (χ0) is 19.1. The smallest absolute Gasteiger partial charge is 0.381 e. The molecular weight excluding hydrogens is 360 g/mol. The van der Waals surface area contributed by atoms with Gasteiger partial charge in [0.1, 0.15) is 5.75 Å². The van der Waals surface area contributed by atoms with Crippen LogP contribution in [0, 0.1) is 0 Å². The number of esters is 1. The van der Waals surface area contributed by atoms with Crippen LogP contribution in [-0.4, -0.2) is 37.5 Å². The highest BCUT2D eigenvalue weighted by atomic mass is 35.5. The molecule has 0 spiro atoms. The Balaban J connectivity index is 2.32. The lowest BCUT2D eigenvalue weighted by atomic mass is 10.0. The number of ketones is 2. The molecule has 1 N–H and O–H groups in total. The van der Waals surface area contributed by atoms with Gasteiger partial charge in [0.25, 0.3) is 5.78 Å². The van der Waals surface area contributed by atoms with Crippen LogP contribution in [-0.2, 0) is 14.3 Å². The van der Waals surface area contributed by atoms with Crippen LogP contribution in [0.3, 0.4) is 0 Å². The van der Waals surface area contributed by atoms with E-state index >= 15 is 0 Å². The number of methoxy groups -OCH3 is 2. The Bertz CT molecular complexity index is 845. The van der Waals surface area contributed by atoms with Crippen molar-refractivity contribution in [3.05, 3.63) is 59.1 Å². The summed E-state index contributed by atoms with van der Waals surface area (Å²) in [4.78, 5) is 36.3. The van der Waals surface area contributed by atoms with Gasteiger partial charge < -0.3 is 9.47 Å². The molecule has 0 saturated carbocycles. The van der Waals surface area contributed by atoms with Crippen LogP contribution in [0.15, 0.2) is 53.6 Å². The van der Waals surface area contributed by atoms with Crippen molar-refractivity contribution in [3.63, 3.8) is 0 Å². The number of hydrazone groups is 1. The van der Waals surface area contributed by atoms with Crippen LogP contribution in [0.2, 0.25) is 5.02 Å². The van der Waals surface area contributed by atoms with Gasteiger partial charge in [-0.15, -0.1) is 0 Å². The van der Waals surface area contributed by atoms with E-state index in [0.717, 1.165) is 7.11 Å². The molecular formula is C18H15ClN2O5. The zero-order valence-electron chi connectivity index (χ0n) is 14.0. The van der Waals surface area contributed by atoms with Gasteiger partial charge in [0.05, 0.1) is 19.9 Å². The molecule has 0 aliphatic carbocycles. The molecule has 0 radical (unpaired) electrons. The van der Waals surface area contributed by atoms with E-state index < -0.39 is 23.2 Å². The summed E-state index contributed by atoms with van der Waals surface area (Å²) in [6.45, 7) is 0. The van der Waals surface area contributed by atoms with Gasteiger partial charge in [-0.3, -0.25) is 15.0 Å². The average Bonchev–Trinajstić information content (AvgIpc) is 2.68. The highest BCUT2D eigenvalue weighted by Crippen LogP contribution is 2.15. The Morgan fingerprint density at radius 3 is 2.12 bits per heavy atom. The van der Waals surface area contributed by atoms with E-state index in [9.17, 15) is 14.4 Å². The fourth-order valence-electron chi connectivity index (χ4n) is 1.92. The minimum atomic E-state index is -1.19. The first kappa shape index (κ1) is 19.1. The van der Waals surface area contributed by atoms with Crippen molar-refractivity contribution in [2.45, 2.75) is 0 Å². The molecule has 2 aromatic carbocycles. The second-order valence-electron chi connectivity index (χ2n) is 4.96. The number of Topliss-reactive ketones (excluding diaryl/α,β-unsaturated/α-hetero) is 2. The van der Waals surface area contributed by atoms with Crippen LogP contribution in [0.25, 0.3) is 0 Å². The molecule has 7 nitrogen and oxygen atoms in total. The molecule has 2 aromatic rings. The van der Waals surface area contributed by atoms with Crippen LogP contribution in [0.1, 0.15) is 10.4 Å². The van der Waals surface area contributed by atoms with Gasteiger partial charge in [-0.25, -0.2) is 4.79 Å². The van der Waals surface area contributed by atoms with Crippen LogP contribution in [0.5, 0.6) is 5.75 Å². The van der Waals surface area contributed by atoms with Gasteiger partial charge in [0, 0.05) is 10.6 Å². The number of nitrogens with zero attached hydrogens (tertiary/aromatic N) is 1. The van der Waals surface area contributed by atoms with E-state index in [1.165, 1.54) is 31.4 Å². The van der Waals surface area contributed by atoms with E-state index in [0.29, 0.717) is 16.5 Å². The fraction of sp³-hybridized carbons (Fsp3) is 0.111. The highest BCUT2D eigenvalue weighted by molar-refractivity contribution is 6.80. The SMILES string of the molecule is COC(=O)C(=O)/C(=N/Nc1ccc(OC)cc1)C(=O)c1ccc(Cl)cc1. The van der Waals surface area contributed by atoms with Crippen molar-refractivity contribution in [3.8, 4) is 5.75 Å². The summed E-state index contributed by atoms with van der Waals surface area (Å²) in [6, 6.07) is 12.4. The van der Waals surface area contributed by atoms with E-state index in [1.807, 2.05) is 0 Å². The Labute approximate surface area is 154 Å². The third-order valence-corrected chi connectivity index (χ3v) is 3.55. The fourth-order valence-corrected chi connectivity index (χ4v) is 2.04. The van der Waals surface area contributed by atoms with E-state index in [-0.39, 0.29) is 5.56 Å². The molecule has 0 fully saturated rings. The molecule has 0 atom stereocenters. The predicted molar refractivity (Wildman–Crippen MR) is 96.9 cm³/mol. The number of hydrogen-bond acceptors (Lipinski definition) is 7. The first-order chi connectivity index (χ1) is 12.5. The third kappa shape index (κ3) is 4.67. The summed E-state index contributed by atoms with van der Waals surface area (Å²) in [5, 5.41) is 4.24. The number of ether oxygens (including phenoxy) is 2. The summed E-state index contributed by atoms with van der Waals surface area (Å²) < 4.78 is 9.43. The molecule has 0 bridgehead atoms. The Kier molecular flexibility index (Phi) is 6.46. The van der Waals surface area contributed by atoms with E-state index in [4.69, 9.17) is 16.3 Å². The number of carbonyl (C=O) groups excluding carboxylic acids is 3. The summed E-state index contributed by atoms with van der Waals surface area (Å²) in [5.74, 6) is -2.46. The standard InChI is InChI=1S/C18H15ClN2O5/c1-25-14-9-7-13(8-10-14)20-21-15(17(23)18(24)26-2)16(22)11-3-5-12(19)6-4-11/h3-10,20H,1-2H3/b21-15+. The predicted octanol–water partition coefficient (Wildman–Crippen LogP) is 2.74. The number of hydrogen-bond donors (Lipinski definition) is 1. The van der Waals surface area contributed by atoms with Crippen LogP contribution >= 0.6 is 11.6 Å². The normalized spacial score (nSPS) is 10.8. The summed E-state index contributed by atoms with van der Waals surface area (Å²) in [6.07, 6.45) is 0. The lowest BCUT2D eigenvalue weighted by Gasteiger charge is -2.06. The molecule has 8 heteroatoms. The average molecular weight is 375 g/mol. The second-order valence-corrected chi connectivity index (χ2v) is 5.39. The lowest BCUT2D eigenvalue weighted by Crippen LogP contribution is -2.32. The molecule has 0 aliphatic heterocycles. The van der Waals surface area contributed by atoms with Gasteiger partial charge in [-0.1, -0.05) is 11.6 Å². The zero-order valence-corrected chi connectivity index (χ0v) is 14.7. The first-order valence-electron chi connectivity index (χ1n) is 7.37. The first-order valence-corrected chi connectivity index (χ1v) is 7.74. The Hall–Kier alpha value is -3.19. The van der Waals surface area contributed by atoms with Crippen LogP contribution < -0.4 is 10.2 Å². The van der Waals surface area contributed by atoms with E-state index in [2.05, 4.69) is 15.3 Å². The number of rotatable bonds is 7. The Morgan fingerprint density at radius 1 is 0.962 bits per heavy atom. The number of carbonyl (C=O) groups is 3. The van der Waals surface area contributed by atoms with Gasteiger partial charge in [-0.05, 0) is 48.5 Å². The number of anilines is 1. The van der Waals surface area contributed by atoms with Gasteiger partial charge in [0.2, 0.25) is 5.78 Å². The molecule has 0 unspecified atom stereocenters. The van der Waals surface area contributed by atoms with Crippen molar-refractivity contribution >= 4 is 40.5 Å². The molecule has 26 heavy (non-hydrogen) atoms. The maximum absolute atomic E-state index is 12.6. The summed E-state index contributed by atoms with van der Waals surface area (Å²) >= 11 is 5.79. The molecule has 0 aliphatic rings. The van der Waals surface area contributed by atoms with Crippen molar-refractivity contribution in [1.29, 1.82) is 0 Å². The van der Waals surface area contributed by atoms with Crippen LogP contribution in [0.4, 0.5) is 5.69 Å². The Morgan fingerprint density at radius 2 is 1.58 bits per heavy atom. The van der Waals surface area contributed by atoms with Crippen molar-refractivity contribution in [1.82, 2.24) is 0 Å². The van der Waals surface area contributed by atoms with Crippen molar-refractivity contribution in [2.24, 2.45) is 5.10 Å². The molecule has 0 aromatic heterocycles. The minimum absolute atomic E-state index is 0.155. The topological polar surface area (TPSA) is 94.1 Å². The monoisotopic (exact) mass is 374 g/mol. The molecule has 0 saturated heterocycles. The van der Waals surface area contributed by atoms with Gasteiger partial charge in [-0.2, -0.15) is 5.10 Å². The molecule has 2 rings (SSSR count). The summed E-state index contributed by atoms with van der Waals surface area (Å²) in [7, 11) is 2.57. The second kappa shape index (κ2) is 8.77. The highest BCUT2D eigenvalue weighted by Gasteiger charge is 2.28. The third-order valence-electron chi connectivity index (χ3n) is 3.29. The molecule has 0 amide bonds. The largest absolute Gasteiger partial charge is 0.497 e.